The lowest BCUT2D eigenvalue weighted by Crippen LogP contribution is -3.16. The topological polar surface area (TPSA) is 48.3 Å². The molecule has 112 valence electrons. The van der Waals surface area contributed by atoms with Crippen molar-refractivity contribution in [2.45, 2.75) is 31.7 Å². The second-order valence-corrected chi connectivity index (χ2v) is 5.74. The molecule has 2 aliphatic heterocycles. The number of carbonyl (C=O) groups is 2. The van der Waals surface area contributed by atoms with Gasteiger partial charge in [0.05, 0.1) is 13.7 Å². The molecule has 0 radical (unpaired) electrons. The molecule has 1 saturated carbocycles. The molecular formula is C13H21BrN4O2. The molecule has 3 rings (SSSR count). The van der Waals surface area contributed by atoms with Crippen LogP contribution in [0.1, 0.15) is 25.7 Å². The first-order valence-corrected chi connectivity index (χ1v) is 6.90. The fourth-order valence-corrected chi connectivity index (χ4v) is 3.43. The number of halogens is 1. The molecule has 0 aromatic carbocycles. The number of nitrogens with zero attached hydrogens (tertiary/aromatic N) is 3. The van der Waals surface area contributed by atoms with Gasteiger partial charge in [-0.1, -0.05) is 12.8 Å². The summed E-state index contributed by atoms with van der Waals surface area (Å²) in [5.41, 5.74) is 0.687. The normalized spacial score (nSPS) is 27.4. The first-order valence-electron chi connectivity index (χ1n) is 6.90. The molecule has 3 aliphatic rings. The quantitative estimate of drug-likeness (QED) is 0.534. The van der Waals surface area contributed by atoms with Crippen LogP contribution in [0.25, 0.3) is 0 Å². The molecule has 1 aliphatic carbocycles. The van der Waals surface area contributed by atoms with Crippen molar-refractivity contribution >= 4 is 11.9 Å². The summed E-state index contributed by atoms with van der Waals surface area (Å²) in [7, 11) is 5.32. The SMILES string of the molecule is CN1CN(C2CCCC2)C2=C1C(=O)[NH+](C)C(=O)N2C.[Br-]. The van der Waals surface area contributed by atoms with Crippen LogP contribution in [-0.4, -0.2) is 60.5 Å². The molecule has 7 heteroatoms. The van der Waals surface area contributed by atoms with Gasteiger partial charge in [0.25, 0.3) is 0 Å². The number of rotatable bonds is 1. The molecule has 3 amide bonds. The van der Waals surface area contributed by atoms with Crippen molar-refractivity contribution in [3.8, 4) is 0 Å². The van der Waals surface area contributed by atoms with Crippen LogP contribution in [0.3, 0.4) is 0 Å². The number of nitrogens with one attached hydrogen (secondary N) is 1. The second kappa shape index (κ2) is 5.37. The molecule has 0 bridgehead atoms. The smallest absolute Gasteiger partial charge is 0.430 e. The van der Waals surface area contributed by atoms with Gasteiger partial charge in [-0.15, -0.1) is 0 Å². The Bertz CT molecular complexity index is 473. The van der Waals surface area contributed by atoms with E-state index in [0.717, 1.165) is 18.7 Å². The minimum Gasteiger partial charge on any atom is -1.00 e. The van der Waals surface area contributed by atoms with Gasteiger partial charge >= 0.3 is 11.9 Å². The molecule has 0 aromatic rings. The Hall–Kier alpha value is -1.08. The van der Waals surface area contributed by atoms with Crippen molar-refractivity contribution < 1.29 is 31.5 Å². The number of urea groups is 1. The van der Waals surface area contributed by atoms with Crippen LogP contribution in [0.2, 0.25) is 0 Å². The minimum atomic E-state index is -0.165. The van der Waals surface area contributed by atoms with E-state index in [4.69, 9.17) is 0 Å². The zero-order valence-electron chi connectivity index (χ0n) is 12.1. The molecule has 0 spiro atoms. The maximum Gasteiger partial charge on any atom is 0.430 e. The van der Waals surface area contributed by atoms with Crippen LogP contribution in [0, 0.1) is 0 Å². The van der Waals surface area contributed by atoms with Gasteiger partial charge in [0, 0.05) is 20.1 Å². The van der Waals surface area contributed by atoms with E-state index in [-0.39, 0.29) is 28.9 Å². The van der Waals surface area contributed by atoms with Crippen LogP contribution < -0.4 is 21.9 Å². The summed E-state index contributed by atoms with van der Waals surface area (Å²) >= 11 is 0. The number of hydrogen-bond acceptors (Lipinski definition) is 4. The van der Waals surface area contributed by atoms with Gasteiger partial charge in [0.2, 0.25) is 0 Å². The maximum atomic E-state index is 12.3. The van der Waals surface area contributed by atoms with Crippen molar-refractivity contribution in [1.29, 1.82) is 0 Å². The van der Waals surface area contributed by atoms with Gasteiger partial charge in [-0.25, -0.2) is 14.5 Å². The highest BCUT2D eigenvalue weighted by molar-refractivity contribution is 5.96. The molecule has 1 fully saturated rings. The van der Waals surface area contributed by atoms with Crippen LogP contribution in [-0.2, 0) is 4.79 Å². The number of imide groups is 1. The summed E-state index contributed by atoms with van der Waals surface area (Å²) in [4.78, 5) is 30.6. The van der Waals surface area contributed by atoms with E-state index in [2.05, 4.69) is 4.90 Å². The fraction of sp³-hybridized carbons (Fsp3) is 0.692. The van der Waals surface area contributed by atoms with Crippen molar-refractivity contribution in [3.63, 3.8) is 0 Å². The molecule has 20 heavy (non-hydrogen) atoms. The monoisotopic (exact) mass is 344 g/mol. The third-order valence-corrected chi connectivity index (χ3v) is 4.49. The van der Waals surface area contributed by atoms with E-state index < -0.39 is 0 Å². The Morgan fingerprint density at radius 3 is 2.35 bits per heavy atom. The van der Waals surface area contributed by atoms with Crippen molar-refractivity contribution in [3.05, 3.63) is 11.5 Å². The Morgan fingerprint density at radius 1 is 1.15 bits per heavy atom. The number of quaternary nitrogens is 1. The van der Waals surface area contributed by atoms with Gasteiger partial charge in [0.15, 0.2) is 11.5 Å². The predicted octanol–water partition coefficient (Wildman–Crippen LogP) is -3.59. The predicted molar refractivity (Wildman–Crippen MR) is 68.8 cm³/mol. The van der Waals surface area contributed by atoms with Crippen LogP contribution in [0.15, 0.2) is 11.5 Å². The molecule has 0 aromatic heterocycles. The standard InChI is InChI=1S/C13H20N4O2.BrH/c1-14-8-17(9-6-4-5-7-9)11-10(14)12(18)16(3)13(19)15(11)2;/h9H,4-8H2,1-3H3;1H. The number of likely N-dealkylation sites (N-methyl/N-ethyl adjacent to an activating group) is 2. The van der Waals surface area contributed by atoms with Crippen molar-refractivity contribution in [2.75, 3.05) is 27.8 Å². The summed E-state index contributed by atoms with van der Waals surface area (Å²) in [6.07, 6.45) is 4.79. The van der Waals surface area contributed by atoms with E-state index in [1.165, 1.54) is 12.8 Å². The first-order chi connectivity index (χ1) is 9.02. The largest absolute Gasteiger partial charge is 1.00 e. The van der Waals surface area contributed by atoms with E-state index in [1.807, 2.05) is 11.9 Å². The Kier molecular flexibility index (Phi) is 4.11. The Morgan fingerprint density at radius 2 is 1.75 bits per heavy atom. The van der Waals surface area contributed by atoms with Crippen molar-refractivity contribution in [1.82, 2.24) is 14.7 Å². The number of hydrogen-bond donors (Lipinski definition) is 1. The van der Waals surface area contributed by atoms with Gasteiger partial charge in [0.1, 0.15) is 0 Å². The van der Waals surface area contributed by atoms with E-state index in [1.54, 1.807) is 19.0 Å². The van der Waals surface area contributed by atoms with Crippen LogP contribution >= 0.6 is 0 Å². The highest BCUT2D eigenvalue weighted by atomic mass is 79.9. The highest BCUT2D eigenvalue weighted by Gasteiger charge is 2.48. The fourth-order valence-electron chi connectivity index (χ4n) is 3.43. The lowest BCUT2D eigenvalue weighted by Gasteiger charge is -2.33. The summed E-state index contributed by atoms with van der Waals surface area (Å²) in [6.45, 7) is 0.714. The minimum absolute atomic E-state index is 0. The van der Waals surface area contributed by atoms with E-state index in [0.29, 0.717) is 23.3 Å². The molecule has 2 heterocycles. The van der Waals surface area contributed by atoms with Gasteiger partial charge in [-0.05, 0) is 12.8 Å². The number of carbonyl (C=O) groups excluding carboxylic acids is 2. The lowest BCUT2D eigenvalue weighted by atomic mass is 10.2. The zero-order valence-corrected chi connectivity index (χ0v) is 13.7. The van der Waals surface area contributed by atoms with Gasteiger partial charge in [-0.3, -0.25) is 0 Å². The first kappa shape index (κ1) is 15.3. The van der Waals surface area contributed by atoms with Gasteiger partial charge < -0.3 is 26.8 Å². The van der Waals surface area contributed by atoms with Gasteiger partial charge in [-0.2, -0.15) is 4.90 Å². The summed E-state index contributed by atoms with van der Waals surface area (Å²) in [5, 5.41) is 0. The average Bonchev–Trinajstić information content (AvgIpc) is 3.00. The third-order valence-electron chi connectivity index (χ3n) is 4.49. The summed E-state index contributed by atoms with van der Waals surface area (Å²) < 4.78 is 0. The molecule has 1 atom stereocenters. The molecule has 1 unspecified atom stereocenters. The molecular weight excluding hydrogens is 324 g/mol. The zero-order chi connectivity index (χ0) is 13.7. The molecule has 6 nitrogen and oxygen atoms in total. The van der Waals surface area contributed by atoms with E-state index in [9.17, 15) is 9.59 Å². The average molecular weight is 345 g/mol. The van der Waals surface area contributed by atoms with E-state index >= 15 is 0 Å². The Balaban J connectivity index is 0.00000147. The second-order valence-electron chi connectivity index (χ2n) is 5.74. The summed E-state index contributed by atoms with van der Waals surface area (Å²) in [6, 6.07) is 0.304. The van der Waals surface area contributed by atoms with Crippen molar-refractivity contribution in [2.24, 2.45) is 0 Å². The van der Waals surface area contributed by atoms with Crippen LogP contribution in [0.5, 0.6) is 0 Å². The molecule has 1 N–H and O–H groups in total. The van der Waals surface area contributed by atoms with Crippen LogP contribution in [0.4, 0.5) is 4.79 Å². The Labute approximate surface area is 129 Å². The maximum absolute atomic E-state index is 12.3. The lowest BCUT2D eigenvalue weighted by molar-refractivity contribution is -0.711. The molecule has 0 saturated heterocycles. The summed E-state index contributed by atoms with van der Waals surface area (Å²) in [5.74, 6) is 0.705. The number of amides is 3. The highest BCUT2D eigenvalue weighted by Crippen LogP contribution is 2.34. The third kappa shape index (κ3) is 2.03.